The number of rotatable bonds is 10. The van der Waals surface area contributed by atoms with Gasteiger partial charge in [0.05, 0.1) is 12.6 Å². The number of carbonyl (C=O) groups excluding carboxylic acids is 3. The summed E-state index contributed by atoms with van der Waals surface area (Å²) < 4.78 is 39.6. The molecule has 2 aromatic rings. The van der Waals surface area contributed by atoms with Gasteiger partial charge in [-0.1, -0.05) is 50.2 Å². The molecule has 4 atom stereocenters. The first-order valence-electron chi connectivity index (χ1n) is 12.9. The van der Waals surface area contributed by atoms with E-state index < -0.39 is 48.9 Å². The molecule has 0 radical (unpaired) electrons. The second kappa shape index (κ2) is 12.0. The van der Waals surface area contributed by atoms with Crippen LogP contribution in [0.2, 0.25) is 0 Å². The lowest BCUT2D eigenvalue weighted by atomic mass is 9.98. The van der Waals surface area contributed by atoms with Crippen molar-refractivity contribution in [1.82, 2.24) is 15.5 Å². The number of benzene rings is 2. The average Bonchev–Trinajstić information content (AvgIpc) is 3.53. The zero-order chi connectivity index (χ0) is 28.2. The molecule has 210 valence electrons. The molecular weight excluding hydrogens is 512 g/mol. The van der Waals surface area contributed by atoms with Gasteiger partial charge in [-0.3, -0.25) is 14.4 Å². The summed E-state index contributed by atoms with van der Waals surface area (Å²) >= 11 is 0. The van der Waals surface area contributed by atoms with E-state index in [9.17, 15) is 28.3 Å². The molecule has 0 unspecified atom stereocenters. The summed E-state index contributed by atoms with van der Waals surface area (Å²) in [5.74, 6) is -4.79. The Morgan fingerprint density at radius 1 is 1.10 bits per heavy atom. The number of hydrogen-bond acceptors (Lipinski definition) is 6. The average molecular weight is 546 g/mol. The fourth-order valence-electron chi connectivity index (χ4n) is 4.60. The Labute approximate surface area is 225 Å². The predicted molar refractivity (Wildman–Crippen MR) is 137 cm³/mol. The number of nitrogens with zero attached hydrogens (tertiary/aromatic N) is 1. The van der Waals surface area contributed by atoms with Crippen molar-refractivity contribution in [3.05, 3.63) is 59.7 Å². The molecule has 1 fully saturated rings. The van der Waals surface area contributed by atoms with Crippen molar-refractivity contribution in [1.29, 1.82) is 0 Å². The van der Waals surface area contributed by atoms with E-state index >= 15 is 0 Å². The number of hydrogen-bond donors (Lipinski definition) is 3. The minimum Gasteiger partial charge on any atom is -0.454 e. The number of nitrogens with one attached hydrogen (secondary N) is 2. The molecule has 2 heterocycles. The minimum absolute atomic E-state index is 0.0176. The molecule has 1 saturated heterocycles. The second-order valence-corrected chi connectivity index (χ2v) is 10.0. The second-order valence-electron chi connectivity index (χ2n) is 10.0. The lowest BCUT2D eigenvalue weighted by Crippen LogP contribution is -2.56. The van der Waals surface area contributed by atoms with Crippen LogP contribution in [-0.2, 0) is 27.3 Å². The number of alkyl halides is 2. The molecule has 2 aliphatic rings. The van der Waals surface area contributed by atoms with Crippen LogP contribution < -0.4 is 20.1 Å². The summed E-state index contributed by atoms with van der Waals surface area (Å²) in [6, 6.07) is 11.4. The van der Waals surface area contributed by atoms with E-state index in [0.29, 0.717) is 28.4 Å². The zero-order valence-corrected chi connectivity index (χ0v) is 21.9. The largest absolute Gasteiger partial charge is 0.454 e. The van der Waals surface area contributed by atoms with Crippen LogP contribution in [0.5, 0.6) is 11.5 Å². The third kappa shape index (κ3) is 6.83. The standard InChI is InChI=1S/C28H33F2N3O6/c1-3-17(2)25(35)32-20(11-18-7-5-4-6-8-18)24(34)27(37)33-15-28(29,30)13-21(33)26(36)31-14-19-9-10-22-23(12-19)39-16-38-22/h4-10,12,17,20-21,24,34H,3,11,13-16H2,1-2H3,(H,31,36)(H,32,35)/t17-,20-,21-,24-/m0/s1. The van der Waals surface area contributed by atoms with Gasteiger partial charge in [-0.15, -0.1) is 0 Å². The highest BCUT2D eigenvalue weighted by Crippen LogP contribution is 2.34. The molecular formula is C28H33F2N3O6. The van der Waals surface area contributed by atoms with Crippen molar-refractivity contribution >= 4 is 17.7 Å². The van der Waals surface area contributed by atoms with E-state index in [1.54, 1.807) is 55.5 Å². The van der Waals surface area contributed by atoms with Crippen LogP contribution in [-0.4, -0.2) is 65.2 Å². The van der Waals surface area contributed by atoms with Crippen LogP contribution in [0.4, 0.5) is 8.78 Å². The molecule has 11 heteroatoms. The number of aliphatic hydroxyl groups excluding tert-OH is 1. The summed E-state index contributed by atoms with van der Waals surface area (Å²) in [7, 11) is 0. The van der Waals surface area contributed by atoms with Gasteiger partial charge in [0.25, 0.3) is 11.8 Å². The molecule has 0 spiro atoms. The molecule has 0 aromatic heterocycles. The lowest BCUT2D eigenvalue weighted by molar-refractivity contribution is -0.147. The number of ether oxygens (including phenoxy) is 2. The van der Waals surface area contributed by atoms with Crippen molar-refractivity contribution in [3.8, 4) is 11.5 Å². The number of amides is 3. The van der Waals surface area contributed by atoms with Gasteiger partial charge in [0, 0.05) is 18.9 Å². The summed E-state index contributed by atoms with van der Waals surface area (Å²) in [4.78, 5) is 39.7. The Balaban J connectivity index is 1.48. The van der Waals surface area contributed by atoms with Gasteiger partial charge in [0.15, 0.2) is 17.6 Å². The highest BCUT2D eigenvalue weighted by Gasteiger charge is 2.51. The Hall–Kier alpha value is -3.73. The van der Waals surface area contributed by atoms with Gasteiger partial charge in [-0.25, -0.2) is 8.78 Å². The first-order valence-corrected chi connectivity index (χ1v) is 12.9. The van der Waals surface area contributed by atoms with Crippen LogP contribution in [0.15, 0.2) is 48.5 Å². The van der Waals surface area contributed by atoms with Crippen LogP contribution >= 0.6 is 0 Å². The summed E-state index contributed by atoms with van der Waals surface area (Å²) in [5.41, 5.74) is 1.40. The molecule has 3 amide bonds. The molecule has 2 aromatic carbocycles. The Bertz CT molecular complexity index is 1200. The van der Waals surface area contributed by atoms with E-state index in [4.69, 9.17) is 9.47 Å². The molecule has 0 aliphatic carbocycles. The van der Waals surface area contributed by atoms with Gasteiger partial charge in [-0.2, -0.15) is 0 Å². The third-order valence-electron chi connectivity index (χ3n) is 7.08. The predicted octanol–water partition coefficient (Wildman–Crippen LogP) is 2.40. The Kier molecular flexibility index (Phi) is 8.69. The molecule has 2 aliphatic heterocycles. The number of halogens is 2. The highest BCUT2D eigenvalue weighted by molar-refractivity contribution is 5.91. The van der Waals surface area contributed by atoms with Gasteiger partial charge >= 0.3 is 0 Å². The number of carbonyl (C=O) groups is 3. The molecule has 39 heavy (non-hydrogen) atoms. The topological polar surface area (TPSA) is 117 Å². The number of aliphatic hydroxyl groups is 1. The Morgan fingerprint density at radius 3 is 2.54 bits per heavy atom. The lowest BCUT2D eigenvalue weighted by Gasteiger charge is -2.30. The van der Waals surface area contributed by atoms with Crippen molar-refractivity contribution in [2.75, 3.05) is 13.3 Å². The van der Waals surface area contributed by atoms with E-state index in [1.165, 1.54) is 0 Å². The first-order chi connectivity index (χ1) is 18.6. The highest BCUT2D eigenvalue weighted by atomic mass is 19.3. The van der Waals surface area contributed by atoms with Crippen LogP contribution in [0.1, 0.15) is 37.8 Å². The fourth-order valence-corrected chi connectivity index (χ4v) is 4.60. The van der Waals surface area contributed by atoms with E-state index in [-0.39, 0.29) is 31.6 Å². The SMILES string of the molecule is CC[C@H](C)C(=O)N[C@@H](Cc1ccccc1)[C@H](O)C(=O)N1CC(F)(F)C[C@H]1C(=O)NCc1ccc2c(c1)OCO2. The van der Waals surface area contributed by atoms with Crippen molar-refractivity contribution < 1.29 is 37.7 Å². The van der Waals surface area contributed by atoms with Crippen molar-refractivity contribution in [3.63, 3.8) is 0 Å². The maximum Gasteiger partial charge on any atom is 0.267 e. The summed E-state index contributed by atoms with van der Waals surface area (Å²) in [6.45, 7) is 2.64. The molecule has 4 rings (SSSR count). The van der Waals surface area contributed by atoms with Crippen LogP contribution in [0, 0.1) is 5.92 Å². The quantitative estimate of drug-likeness (QED) is 0.422. The monoisotopic (exact) mass is 545 g/mol. The molecule has 0 saturated carbocycles. The molecule has 3 N–H and O–H groups in total. The maximum atomic E-state index is 14.5. The molecule has 0 bridgehead atoms. The number of likely N-dealkylation sites (tertiary alicyclic amines) is 1. The van der Waals surface area contributed by atoms with Crippen LogP contribution in [0.25, 0.3) is 0 Å². The van der Waals surface area contributed by atoms with Gasteiger partial charge in [0.1, 0.15) is 6.04 Å². The van der Waals surface area contributed by atoms with Gasteiger partial charge in [0.2, 0.25) is 18.6 Å². The summed E-state index contributed by atoms with van der Waals surface area (Å²) in [6.07, 6.45) is -2.07. The van der Waals surface area contributed by atoms with Crippen molar-refractivity contribution in [2.45, 2.75) is 63.8 Å². The fraction of sp³-hybridized carbons (Fsp3) is 0.464. The first kappa shape index (κ1) is 28.3. The smallest absolute Gasteiger partial charge is 0.267 e. The van der Waals surface area contributed by atoms with Crippen molar-refractivity contribution in [2.24, 2.45) is 5.92 Å². The van der Waals surface area contributed by atoms with Gasteiger partial charge < -0.3 is 30.1 Å². The Morgan fingerprint density at radius 2 is 1.82 bits per heavy atom. The normalized spacial score (nSPS) is 19.7. The van der Waals surface area contributed by atoms with Crippen LogP contribution in [0.3, 0.4) is 0 Å². The van der Waals surface area contributed by atoms with E-state index in [0.717, 1.165) is 5.56 Å². The third-order valence-corrected chi connectivity index (χ3v) is 7.08. The maximum absolute atomic E-state index is 14.5. The number of fused-ring (bicyclic) bond motifs is 1. The minimum atomic E-state index is -3.31. The zero-order valence-electron chi connectivity index (χ0n) is 21.9. The van der Waals surface area contributed by atoms with Gasteiger partial charge in [-0.05, 0) is 36.1 Å². The van der Waals surface area contributed by atoms with E-state index in [2.05, 4.69) is 10.6 Å². The van der Waals surface area contributed by atoms with E-state index in [1.807, 2.05) is 6.92 Å². The summed E-state index contributed by atoms with van der Waals surface area (Å²) in [5, 5.41) is 16.4. The molecule has 9 nitrogen and oxygen atoms in total.